The van der Waals surface area contributed by atoms with Crippen molar-refractivity contribution in [1.82, 2.24) is 5.32 Å². The van der Waals surface area contributed by atoms with E-state index in [2.05, 4.69) is 5.32 Å². The number of amides is 1. The fourth-order valence-electron chi connectivity index (χ4n) is 1.91. The van der Waals surface area contributed by atoms with E-state index in [0.717, 1.165) is 12.8 Å². The molecule has 0 radical (unpaired) electrons. The minimum absolute atomic E-state index is 0.0485. The summed E-state index contributed by atoms with van der Waals surface area (Å²) in [5.74, 6) is -0.481. The van der Waals surface area contributed by atoms with E-state index in [4.69, 9.17) is 10.5 Å². The molecule has 0 aromatic heterocycles. The molecule has 19 heavy (non-hydrogen) atoms. The second-order valence-electron chi connectivity index (χ2n) is 4.38. The van der Waals surface area contributed by atoms with Crippen LogP contribution >= 0.6 is 0 Å². The van der Waals surface area contributed by atoms with Crippen LogP contribution < -0.4 is 15.8 Å². The lowest BCUT2D eigenvalue weighted by Gasteiger charge is -2.15. The van der Waals surface area contributed by atoms with Gasteiger partial charge in [-0.1, -0.05) is 19.4 Å². The first-order valence-corrected chi connectivity index (χ1v) is 6.44. The predicted molar refractivity (Wildman–Crippen MR) is 72.7 cm³/mol. The quantitative estimate of drug-likeness (QED) is 0.794. The molecule has 0 heterocycles. The third kappa shape index (κ3) is 4.21. The Morgan fingerprint density at radius 2 is 2.26 bits per heavy atom. The Hall–Kier alpha value is -1.62. The van der Waals surface area contributed by atoms with Crippen molar-refractivity contribution in [1.29, 1.82) is 0 Å². The van der Waals surface area contributed by atoms with Crippen molar-refractivity contribution in [3.8, 4) is 5.75 Å². The van der Waals surface area contributed by atoms with Gasteiger partial charge < -0.3 is 15.8 Å². The molecule has 0 aliphatic rings. The van der Waals surface area contributed by atoms with Gasteiger partial charge in [0.15, 0.2) is 0 Å². The van der Waals surface area contributed by atoms with Gasteiger partial charge in [-0.05, 0) is 31.0 Å². The van der Waals surface area contributed by atoms with Crippen LogP contribution in [0.3, 0.4) is 0 Å². The number of methoxy groups -OCH3 is 1. The van der Waals surface area contributed by atoms with Gasteiger partial charge in [-0.15, -0.1) is 0 Å². The number of hydrogen-bond acceptors (Lipinski definition) is 3. The van der Waals surface area contributed by atoms with E-state index in [0.29, 0.717) is 19.0 Å². The highest BCUT2D eigenvalue weighted by Gasteiger charge is 2.18. The Morgan fingerprint density at radius 3 is 2.84 bits per heavy atom. The number of halogens is 1. The fraction of sp³-hybridized carbons (Fsp3) is 0.500. The topological polar surface area (TPSA) is 64.3 Å². The summed E-state index contributed by atoms with van der Waals surface area (Å²) in [5.41, 5.74) is 5.45. The molecular formula is C14H21FN2O2. The van der Waals surface area contributed by atoms with Crippen LogP contribution in [0.2, 0.25) is 0 Å². The summed E-state index contributed by atoms with van der Waals surface area (Å²) in [6, 6.07) is 4.32. The van der Waals surface area contributed by atoms with Gasteiger partial charge >= 0.3 is 0 Å². The summed E-state index contributed by atoms with van der Waals surface area (Å²) >= 11 is 0. The monoisotopic (exact) mass is 268 g/mol. The average Bonchev–Trinajstić information content (AvgIpc) is 2.42. The van der Waals surface area contributed by atoms with Gasteiger partial charge in [0.1, 0.15) is 17.1 Å². The molecule has 0 bridgehead atoms. The molecule has 0 saturated carbocycles. The number of carbonyl (C=O) groups is 1. The van der Waals surface area contributed by atoms with Crippen molar-refractivity contribution in [2.24, 2.45) is 11.7 Å². The van der Waals surface area contributed by atoms with Crippen molar-refractivity contribution < 1.29 is 13.9 Å². The second-order valence-corrected chi connectivity index (χ2v) is 4.38. The summed E-state index contributed by atoms with van der Waals surface area (Å²) < 4.78 is 18.7. The first kappa shape index (κ1) is 15.4. The molecule has 1 aromatic rings. The van der Waals surface area contributed by atoms with Crippen molar-refractivity contribution in [3.63, 3.8) is 0 Å². The number of nitrogens with two attached hydrogens (primary N) is 1. The first-order chi connectivity index (χ1) is 9.13. The van der Waals surface area contributed by atoms with Crippen molar-refractivity contribution in [2.75, 3.05) is 20.2 Å². The number of rotatable bonds is 7. The molecule has 0 aliphatic carbocycles. The molecule has 1 rings (SSSR count). The minimum Gasteiger partial charge on any atom is -0.496 e. The highest BCUT2D eigenvalue weighted by Crippen LogP contribution is 2.21. The maximum Gasteiger partial charge on any atom is 0.258 e. The Morgan fingerprint density at radius 1 is 1.53 bits per heavy atom. The number of hydrogen-bond donors (Lipinski definition) is 2. The van der Waals surface area contributed by atoms with E-state index in [9.17, 15) is 9.18 Å². The van der Waals surface area contributed by atoms with E-state index in [1.807, 2.05) is 6.92 Å². The molecule has 3 N–H and O–H groups in total. The summed E-state index contributed by atoms with van der Waals surface area (Å²) in [6.07, 6.45) is 1.76. The first-order valence-electron chi connectivity index (χ1n) is 6.44. The van der Waals surface area contributed by atoms with Crippen LogP contribution in [-0.2, 0) is 0 Å². The zero-order valence-electron chi connectivity index (χ0n) is 11.4. The van der Waals surface area contributed by atoms with E-state index >= 15 is 0 Å². The van der Waals surface area contributed by atoms with E-state index in [1.54, 1.807) is 6.07 Å². The number of ether oxygens (including phenoxy) is 1. The van der Waals surface area contributed by atoms with Crippen LogP contribution in [-0.4, -0.2) is 26.1 Å². The van der Waals surface area contributed by atoms with Gasteiger partial charge in [-0.3, -0.25) is 4.79 Å². The normalized spacial score (nSPS) is 12.0. The Bertz CT molecular complexity index is 424. The largest absolute Gasteiger partial charge is 0.496 e. The highest BCUT2D eigenvalue weighted by molar-refractivity contribution is 5.97. The number of nitrogens with one attached hydrogen (secondary N) is 1. The Balaban J connectivity index is 2.73. The van der Waals surface area contributed by atoms with Crippen LogP contribution in [0.15, 0.2) is 18.2 Å². The molecule has 1 unspecified atom stereocenters. The van der Waals surface area contributed by atoms with Crippen molar-refractivity contribution >= 4 is 5.91 Å². The van der Waals surface area contributed by atoms with Crippen LogP contribution in [0.25, 0.3) is 0 Å². The highest BCUT2D eigenvalue weighted by atomic mass is 19.1. The van der Waals surface area contributed by atoms with Gasteiger partial charge in [0, 0.05) is 6.54 Å². The maximum atomic E-state index is 13.7. The van der Waals surface area contributed by atoms with Gasteiger partial charge in [0.2, 0.25) is 0 Å². The summed E-state index contributed by atoms with van der Waals surface area (Å²) in [5, 5.41) is 2.74. The molecule has 1 amide bonds. The second kappa shape index (κ2) is 7.74. The summed E-state index contributed by atoms with van der Waals surface area (Å²) in [7, 11) is 1.41. The molecule has 0 saturated heterocycles. The molecule has 0 spiro atoms. The third-order valence-electron chi connectivity index (χ3n) is 3.13. The number of benzene rings is 1. The zero-order valence-corrected chi connectivity index (χ0v) is 11.4. The lowest BCUT2D eigenvalue weighted by molar-refractivity contribution is 0.0939. The molecule has 0 aliphatic heterocycles. The molecule has 106 valence electrons. The average molecular weight is 268 g/mol. The van der Waals surface area contributed by atoms with Gasteiger partial charge in [0.25, 0.3) is 5.91 Å². The standard InChI is InChI=1S/C14H21FN2O2/c1-3-10(7-8-16)9-17-14(18)13-11(15)5-4-6-12(13)19-2/h4-6,10H,3,7-9,16H2,1-2H3,(H,17,18). The van der Waals surface area contributed by atoms with Gasteiger partial charge in [-0.25, -0.2) is 4.39 Å². The van der Waals surface area contributed by atoms with Crippen LogP contribution in [0.4, 0.5) is 4.39 Å². The summed E-state index contributed by atoms with van der Waals surface area (Å²) in [4.78, 5) is 12.0. The zero-order chi connectivity index (χ0) is 14.3. The van der Waals surface area contributed by atoms with Crippen LogP contribution in [0, 0.1) is 11.7 Å². The molecule has 5 heteroatoms. The van der Waals surface area contributed by atoms with Crippen LogP contribution in [0.1, 0.15) is 30.1 Å². The van der Waals surface area contributed by atoms with E-state index in [-0.39, 0.29) is 11.3 Å². The van der Waals surface area contributed by atoms with E-state index < -0.39 is 11.7 Å². The fourth-order valence-corrected chi connectivity index (χ4v) is 1.91. The smallest absolute Gasteiger partial charge is 0.258 e. The lowest BCUT2D eigenvalue weighted by atomic mass is 10.0. The molecule has 0 fully saturated rings. The third-order valence-corrected chi connectivity index (χ3v) is 3.13. The Kier molecular flexibility index (Phi) is 6.29. The molecular weight excluding hydrogens is 247 g/mol. The van der Waals surface area contributed by atoms with Gasteiger partial charge in [0.05, 0.1) is 7.11 Å². The predicted octanol–water partition coefficient (Wildman–Crippen LogP) is 1.94. The number of carbonyl (C=O) groups excluding carboxylic acids is 1. The maximum absolute atomic E-state index is 13.7. The van der Waals surface area contributed by atoms with E-state index in [1.165, 1.54) is 19.2 Å². The Labute approximate surface area is 113 Å². The molecule has 1 atom stereocenters. The van der Waals surface area contributed by atoms with Gasteiger partial charge in [-0.2, -0.15) is 0 Å². The minimum atomic E-state index is -0.580. The molecule has 1 aromatic carbocycles. The molecule has 4 nitrogen and oxygen atoms in total. The van der Waals surface area contributed by atoms with Crippen LogP contribution in [0.5, 0.6) is 5.75 Å². The van der Waals surface area contributed by atoms with Crippen molar-refractivity contribution in [2.45, 2.75) is 19.8 Å². The van der Waals surface area contributed by atoms with Crippen molar-refractivity contribution in [3.05, 3.63) is 29.6 Å². The summed E-state index contributed by atoms with van der Waals surface area (Å²) in [6.45, 7) is 3.11. The SMILES string of the molecule is CCC(CCN)CNC(=O)c1c(F)cccc1OC. The lowest BCUT2D eigenvalue weighted by Crippen LogP contribution is -2.31.